The summed E-state index contributed by atoms with van der Waals surface area (Å²) in [5, 5.41) is 9.66. The van der Waals surface area contributed by atoms with Gasteiger partial charge in [0, 0.05) is 33.2 Å². The summed E-state index contributed by atoms with van der Waals surface area (Å²) in [6.45, 7) is 0. The molecule has 12 aromatic rings. The number of rotatable bonds is 4. The summed E-state index contributed by atoms with van der Waals surface area (Å²) >= 11 is 0. The van der Waals surface area contributed by atoms with Crippen LogP contribution in [0.2, 0.25) is 0 Å². The Morgan fingerprint density at radius 3 is 1.49 bits per heavy atom. The first kappa shape index (κ1) is 34.5. The van der Waals surface area contributed by atoms with Crippen molar-refractivity contribution < 1.29 is 4.42 Å². The molecule has 1 heterocycles. The molecule has 0 unspecified atom stereocenters. The second-order valence-corrected chi connectivity index (χ2v) is 17.1. The summed E-state index contributed by atoms with van der Waals surface area (Å²) in [6.07, 6.45) is 0. The van der Waals surface area contributed by atoms with Crippen LogP contribution in [0.5, 0.6) is 0 Å². The fraction of sp³-hybridized carbons (Fsp3) is 0.0164. The van der Waals surface area contributed by atoms with E-state index in [1.54, 1.807) is 0 Å². The Kier molecular flexibility index (Phi) is 7.07. The highest BCUT2D eigenvalue weighted by atomic mass is 16.3. The molecule has 0 amide bonds. The molecular formula is C61H37NO. The van der Waals surface area contributed by atoms with Crippen molar-refractivity contribution in [1.82, 2.24) is 0 Å². The smallest absolute Gasteiger partial charge is 0.136 e. The van der Waals surface area contributed by atoms with Gasteiger partial charge in [0.2, 0.25) is 0 Å². The Balaban J connectivity index is 1.05. The molecule has 11 aromatic carbocycles. The van der Waals surface area contributed by atoms with Gasteiger partial charge in [-0.25, -0.2) is 0 Å². The summed E-state index contributed by atoms with van der Waals surface area (Å²) in [6, 6.07) is 82.9. The van der Waals surface area contributed by atoms with Crippen LogP contribution in [0.25, 0.3) is 87.6 Å². The van der Waals surface area contributed by atoms with Gasteiger partial charge in [0.05, 0.1) is 5.41 Å². The molecule has 2 nitrogen and oxygen atoms in total. The predicted octanol–water partition coefficient (Wildman–Crippen LogP) is 16.5. The summed E-state index contributed by atoms with van der Waals surface area (Å²) in [4.78, 5) is 2.46. The van der Waals surface area contributed by atoms with Crippen LogP contribution < -0.4 is 4.90 Å². The molecule has 0 aliphatic heterocycles. The molecule has 0 fully saturated rings. The van der Waals surface area contributed by atoms with E-state index in [2.05, 4.69) is 229 Å². The SMILES string of the molecule is c1ccc(-c2ccc(N(c3ccc4c(c3)C3(c5ccccc5-c5ccccc53)c3ccccc3-4)c3ccc4c5ccccc5c5c(ccc6oc7ccccc7c65)c4c3)cc2)cc1. The molecule has 2 heteroatoms. The van der Waals surface area contributed by atoms with E-state index >= 15 is 0 Å². The largest absolute Gasteiger partial charge is 0.456 e. The van der Waals surface area contributed by atoms with Crippen LogP contribution in [-0.4, -0.2) is 0 Å². The first-order valence-corrected chi connectivity index (χ1v) is 21.8. The van der Waals surface area contributed by atoms with Gasteiger partial charge in [0.15, 0.2) is 0 Å². The fourth-order valence-corrected chi connectivity index (χ4v) is 11.5. The molecule has 2 aliphatic rings. The monoisotopic (exact) mass is 799 g/mol. The van der Waals surface area contributed by atoms with Crippen LogP contribution in [0, 0.1) is 0 Å². The Labute approximate surface area is 364 Å². The van der Waals surface area contributed by atoms with Crippen LogP contribution in [0.4, 0.5) is 17.1 Å². The molecule has 0 radical (unpaired) electrons. The summed E-state index contributed by atoms with van der Waals surface area (Å²) in [5.74, 6) is 0. The lowest BCUT2D eigenvalue weighted by Gasteiger charge is -2.32. The molecule has 1 spiro atoms. The van der Waals surface area contributed by atoms with Gasteiger partial charge in [0.1, 0.15) is 11.2 Å². The maximum absolute atomic E-state index is 6.48. The average Bonchev–Trinajstić information content (AvgIpc) is 3.99. The van der Waals surface area contributed by atoms with Crippen LogP contribution in [-0.2, 0) is 5.41 Å². The van der Waals surface area contributed by atoms with E-state index < -0.39 is 5.41 Å². The third-order valence-electron chi connectivity index (χ3n) is 14.1. The number of anilines is 3. The lowest BCUT2D eigenvalue weighted by Crippen LogP contribution is -2.26. The van der Waals surface area contributed by atoms with Crippen LogP contribution in [0.3, 0.4) is 0 Å². The molecule has 1 aromatic heterocycles. The number of hydrogen-bond acceptors (Lipinski definition) is 2. The number of fused-ring (bicyclic) bond motifs is 20. The number of para-hydroxylation sites is 1. The van der Waals surface area contributed by atoms with Crippen LogP contribution in [0.15, 0.2) is 229 Å². The van der Waals surface area contributed by atoms with Crippen molar-refractivity contribution in [3.8, 4) is 33.4 Å². The van der Waals surface area contributed by atoms with E-state index in [4.69, 9.17) is 4.42 Å². The number of furan rings is 1. The Bertz CT molecular complexity index is 3790. The second kappa shape index (κ2) is 12.9. The molecule has 63 heavy (non-hydrogen) atoms. The molecule has 0 saturated carbocycles. The van der Waals surface area contributed by atoms with E-state index in [0.717, 1.165) is 33.6 Å². The van der Waals surface area contributed by atoms with Crippen LogP contribution in [0.1, 0.15) is 22.3 Å². The van der Waals surface area contributed by atoms with Crippen molar-refractivity contribution in [2.24, 2.45) is 0 Å². The van der Waals surface area contributed by atoms with Crippen molar-refractivity contribution in [2.45, 2.75) is 5.41 Å². The molecule has 292 valence electrons. The highest BCUT2D eigenvalue weighted by Crippen LogP contribution is 2.63. The summed E-state index contributed by atoms with van der Waals surface area (Å²) in [5.41, 5.74) is 17.6. The lowest BCUT2D eigenvalue weighted by molar-refractivity contribution is 0.669. The highest BCUT2D eigenvalue weighted by Gasteiger charge is 2.51. The topological polar surface area (TPSA) is 16.4 Å². The van der Waals surface area contributed by atoms with Gasteiger partial charge in [0.25, 0.3) is 0 Å². The highest BCUT2D eigenvalue weighted by molar-refractivity contribution is 6.34. The number of benzene rings is 11. The van der Waals surface area contributed by atoms with E-state index in [1.807, 2.05) is 0 Å². The minimum Gasteiger partial charge on any atom is -0.456 e. The van der Waals surface area contributed by atoms with Crippen molar-refractivity contribution in [1.29, 1.82) is 0 Å². The van der Waals surface area contributed by atoms with Gasteiger partial charge in [-0.2, -0.15) is 0 Å². The van der Waals surface area contributed by atoms with Crippen LogP contribution >= 0.6 is 0 Å². The van der Waals surface area contributed by atoms with Gasteiger partial charge in [-0.1, -0.05) is 170 Å². The van der Waals surface area contributed by atoms with E-state index in [-0.39, 0.29) is 0 Å². The summed E-state index contributed by atoms with van der Waals surface area (Å²) in [7, 11) is 0. The predicted molar refractivity (Wildman–Crippen MR) is 263 cm³/mol. The van der Waals surface area contributed by atoms with E-state index in [1.165, 1.54) is 93.3 Å². The van der Waals surface area contributed by atoms with Gasteiger partial charge >= 0.3 is 0 Å². The maximum Gasteiger partial charge on any atom is 0.136 e. The Morgan fingerprint density at radius 1 is 0.286 bits per heavy atom. The van der Waals surface area contributed by atoms with Gasteiger partial charge in [-0.05, 0) is 137 Å². The Morgan fingerprint density at radius 2 is 0.778 bits per heavy atom. The van der Waals surface area contributed by atoms with Gasteiger partial charge in [-0.15, -0.1) is 0 Å². The molecular weight excluding hydrogens is 763 g/mol. The fourth-order valence-electron chi connectivity index (χ4n) is 11.5. The maximum atomic E-state index is 6.48. The molecule has 14 rings (SSSR count). The van der Waals surface area contributed by atoms with Gasteiger partial charge in [-0.3, -0.25) is 0 Å². The van der Waals surface area contributed by atoms with E-state index in [9.17, 15) is 0 Å². The standard InChI is InChI=1S/C61H37NO/c1-2-14-38(15-3-1)39-26-28-40(29-27-39)62(41-30-32-44-43-16-4-5-20-49(43)59-50(52(44)36-41)34-35-58-60(59)51-21-9-13-25-57(51)63-58)42-31-33-48-47-19-8-12-24-55(47)61(56(48)37-42)53-22-10-6-17-45(53)46-18-7-11-23-54(46)61/h1-37H. The molecule has 0 bridgehead atoms. The third kappa shape index (κ3) is 4.67. The molecule has 0 atom stereocenters. The summed E-state index contributed by atoms with van der Waals surface area (Å²) < 4.78 is 6.48. The van der Waals surface area contributed by atoms with Crippen molar-refractivity contribution in [3.63, 3.8) is 0 Å². The first-order valence-electron chi connectivity index (χ1n) is 21.8. The van der Waals surface area contributed by atoms with Crippen molar-refractivity contribution in [3.05, 3.63) is 247 Å². The number of hydrogen-bond donors (Lipinski definition) is 0. The van der Waals surface area contributed by atoms with Crippen molar-refractivity contribution >= 4 is 71.3 Å². The second-order valence-electron chi connectivity index (χ2n) is 17.1. The quantitative estimate of drug-likeness (QED) is 0.165. The first-order chi connectivity index (χ1) is 31.3. The minimum atomic E-state index is -0.449. The Hall–Kier alpha value is -8.20. The minimum absolute atomic E-state index is 0.449. The molecule has 0 saturated heterocycles. The van der Waals surface area contributed by atoms with E-state index in [0.29, 0.717) is 0 Å². The lowest BCUT2D eigenvalue weighted by atomic mass is 9.70. The zero-order valence-corrected chi connectivity index (χ0v) is 34.2. The molecule has 2 aliphatic carbocycles. The normalized spacial score (nSPS) is 13.2. The zero-order valence-electron chi connectivity index (χ0n) is 34.2. The zero-order chi connectivity index (χ0) is 41.2. The van der Waals surface area contributed by atoms with Gasteiger partial charge < -0.3 is 9.32 Å². The average molecular weight is 800 g/mol. The molecule has 0 N–H and O–H groups in total. The number of nitrogens with zero attached hydrogens (tertiary/aromatic N) is 1. The van der Waals surface area contributed by atoms with Crippen molar-refractivity contribution in [2.75, 3.05) is 4.90 Å². The third-order valence-corrected chi connectivity index (χ3v) is 14.1.